The molecule has 1 aliphatic rings. The lowest BCUT2D eigenvalue weighted by Crippen LogP contribution is -2.36. The SMILES string of the molecule is C=N.CCCN1CCOCC1. The molecule has 11 heavy (non-hydrogen) atoms. The number of nitrogens with zero attached hydrogens (tertiary/aromatic N) is 1. The number of rotatable bonds is 2. The van der Waals surface area contributed by atoms with Crippen LogP contribution in [0.3, 0.4) is 0 Å². The van der Waals surface area contributed by atoms with E-state index in [1.54, 1.807) is 0 Å². The number of ether oxygens (including phenoxy) is 1. The largest absolute Gasteiger partial charge is 0.379 e. The van der Waals surface area contributed by atoms with E-state index in [1.807, 2.05) is 0 Å². The second-order valence-electron chi connectivity index (χ2n) is 2.45. The molecule has 1 N–H and O–H groups in total. The van der Waals surface area contributed by atoms with Crippen molar-refractivity contribution in [2.45, 2.75) is 13.3 Å². The summed E-state index contributed by atoms with van der Waals surface area (Å²) < 4.78 is 5.20. The molecule has 1 aliphatic heterocycles. The summed E-state index contributed by atoms with van der Waals surface area (Å²) in [5.74, 6) is 0. The summed E-state index contributed by atoms with van der Waals surface area (Å²) in [4.78, 5) is 2.45. The predicted molar refractivity (Wildman–Crippen MR) is 47.4 cm³/mol. The molecule has 0 aliphatic carbocycles. The van der Waals surface area contributed by atoms with Crippen LogP contribution in [0.2, 0.25) is 0 Å². The van der Waals surface area contributed by atoms with Crippen molar-refractivity contribution in [2.24, 2.45) is 0 Å². The van der Waals surface area contributed by atoms with Gasteiger partial charge in [-0.25, -0.2) is 0 Å². The molecule has 1 rings (SSSR count). The highest BCUT2D eigenvalue weighted by molar-refractivity contribution is 5.15. The van der Waals surface area contributed by atoms with E-state index in [1.165, 1.54) is 13.0 Å². The first-order chi connectivity index (χ1) is 5.43. The molecule has 0 saturated carbocycles. The van der Waals surface area contributed by atoms with E-state index in [0.717, 1.165) is 26.3 Å². The van der Waals surface area contributed by atoms with Crippen LogP contribution in [0, 0.1) is 5.41 Å². The molecular weight excluding hydrogens is 140 g/mol. The van der Waals surface area contributed by atoms with Gasteiger partial charge in [0.2, 0.25) is 0 Å². The summed E-state index contributed by atoms with van der Waals surface area (Å²) in [5, 5.41) is 5.50. The monoisotopic (exact) mass is 158 g/mol. The van der Waals surface area contributed by atoms with Crippen molar-refractivity contribution in [1.82, 2.24) is 4.90 Å². The van der Waals surface area contributed by atoms with Gasteiger partial charge in [-0.05, 0) is 19.7 Å². The quantitative estimate of drug-likeness (QED) is 0.608. The fraction of sp³-hybridized carbons (Fsp3) is 0.875. The Morgan fingerprint density at radius 1 is 1.36 bits per heavy atom. The smallest absolute Gasteiger partial charge is 0.0594 e. The van der Waals surface area contributed by atoms with Crippen LogP contribution in [-0.2, 0) is 4.74 Å². The highest BCUT2D eigenvalue weighted by Gasteiger charge is 2.07. The van der Waals surface area contributed by atoms with Crippen LogP contribution in [0.5, 0.6) is 0 Å². The highest BCUT2D eigenvalue weighted by Crippen LogP contribution is 1.96. The van der Waals surface area contributed by atoms with E-state index in [2.05, 4.69) is 18.5 Å². The molecule has 1 fully saturated rings. The lowest BCUT2D eigenvalue weighted by molar-refractivity contribution is 0.0380. The number of hydrogen-bond donors (Lipinski definition) is 1. The number of nitrogens with one attached hydrogen (secondary N) is 1. The molecule has 0 spiro atoms. The van der Waals surface area contributed by atoms with Gasteiger partial charge in [-0.3, -0.25) is 4.90 Å². The number of hydrogen-bond acceptors (Lipinski definition) is 3. The van der Waals surface area contributed by atoms with E-state index >= 15 is 0 Å². The molecule has 3 nitrogen and oxygen atoms in total. The fourth-order valence-corrected chi connectivity index (χ4v) is 1.14. The van der Waals surface area contributed by atoms with Crippen molar-refractivity contribution in [3.05, 3.63) is 0 Å². The molecule has 3 heteroatoms. The second-order valence-corrected chi connectivity index (χ2v) is 2.45. The molecule has 1 saturated heterocycles. The first kappa shape index (κ1) is 10.6. The standard InChI is InChI=1S/C7H15NO.CH3N/c1-2-3-8-4-6-9-7-5-8;1-2/h2-7H2,1H3;2H,1H2. The summed E-state index contributed by atoms with van der Waals surface area (Å²) in [7, 11) is 0. The van der Waals surface area contributed by atoms with Crippen LogP contribution in [0.25, 0.3) is 0 Å². The Kier molecular flexibility index (Phi) is 7.41. The zero-order valence-corrected chi connectivity index (χ0v) is 7.31. The van der Waals surface area contributed by atoms with Crippen LogP contribution in [0.4, 0.5) is 0 Å². The predicted octanol–water partition coefficient (Wildman–Crippen LogP) is 0.994. The van der Waals surface area contributed by atoms with Crippen LogP contribution >= 0.6 is 0 Å². The van der Waals surface area contributed by atoms with Crippen LogP contribution in [-0.4, -0.2) is 44.5 Å². The molecule has 0 bridgehead atoms. The first-order valence-corrected chi connectivity index (χ1v) is 4.09. The van der Waals surface area contributed by atoms with Crippen molar-refractivity contribution in [1.29, 1.82) is 5.41 Å². The third-order valence-corrected chi connectivity index (χ3v) is 1.64. The minimum atomic E-state index is 0.931. The van der Waals surface area contributed by atoms with Gasteiger partial charge in [-0.1, -0.05) is 6.92 Å². The average Bonchev–Trinajstić information content (AvgIpc) is 2.11. The Labute approximate surface area is 68.9 Å². The Morgan fingerprint density at radius 2 is 1.91 bits per heavy atom. The third-order valence-electron chi connectivity index (χ3n) is 1.64. The van der Waals surface area contributed by atoms with Gasteiger partial charge in [0.25, 0.3) is 0 Å². The first-order valence-electron chi connectivity index (χ1n) is 4.09. The van der Waals surface area contributed by atoms with E-state index in [0.29, 0.717) is 0 Å². The Morgan fingerprint density at radius 3 is 2.36 bits per heavy atom. The molecule has 0 radical (unpaired) electrons. The van der Waals surface area contributed by atoms with E-state index in [9.17, 15) is 0 Å². The Bertz CT molecular complexity index is 79.4. The van der Waals surface area contributed by atoms with E-state index in [-0.39, 0.29) is 0 Å². The van der Waals surface area contributed by atoms with Gasteiger partial charge >= 0.3 is 0 Å². The summed E-state index contributed by atoms with van der Waals surface area (Å²) >= 11 is 0. The maximum Gasteiger partial charge on any atom is 0.0594 e. The highest BCUT2D eigenvalue weighted by atomic mass is 16.5. The van der Waals surface area contributed by atoms with Gasteiger partial charge < -0.3 is 10.1 Å². The maximum atomic E-state index is 5.50. The summed E-state index contributed by atoms with van der Waals surface area (Å²) in [5.41, 5.74) is 0. The molecule has 0 aromatic rings. The van der Waals surface area contributed by atoms with Crippen LogP contribution < -0.4 is 0 Å². The molecule has 1 heterocycles. The van der Waals surface area contributed by atoms with Gasteiger partial charge in [0, 0.05) is 13.1 Å². The van der Waals surface area contributed by atoms with Gasteiger partial charge in [0.1, 0.15) is 0 Å². The van der Waals surface area contributed by atoms with Crippen LogP contribution in [0.15, 0.2) is 0 Å². The van der Waals surface area contributed by atoms with Gasteiger partial charge in [0.05, 0.1) is 13.2 Å². The molecule has 0 aromatic heterocycles. The zero-order valence-electron chi connectivity index (χ0n) is 7.31. The van der Waals surface area contributed by atoms with E-state index in [4.69, 9.17) is 10.1 Å². The van der Waals surface area contributed by atoms with E-state index < -0.39 is 0 Å². The van der Waals surface area contributed by atoms with Crippen molar-refractivity contribution in [2.75, 3.05) is 32.8 Å². The van der Waals surface area contributed by atoms with Gasteiger partial charge in [-0.15, -0.1) is 0 Å². The minimum absolute atomic E-state index is 0.931. The van der Waals surface area contributed by atoms with Crippen molar-refractivity contribution >= 4 is 6.72 Å². The number of morpholine rings is 1. The second kappa shape index (κ2) is 7.69. The van der Waals surface area contributed by atoms with Gasteiger partial charge in [0.15, 0.2) is 0 Å². The molecule has 0 atom stereocenters. The lowest BCUT2D eigenvalue weighted by Gasteiger charge is -2.25. The maximum absolute atomic E-state index is 5.50. The normalized spacial score (nSPS) is 18.6. The summed E-state index contributed by atoms with van der Waals surface area (Å²) in [6.45, 7) is 10.1. The Balaban J connectivity index is 0.000000461. The molecule has 0 unspecified atom stereocenters. The molecule has 66 valence electrons. The third kappa shape index (κ3) is 4.93. The van der Waals surface area contributed by atoms with Crippen molar-refractivity contribution in [3.63, 3.8) is 0 Å². The van der Waals surface area contributed by atoms with Gasteiger partial charge in [-0.2, -0.15) is 0 Å². The average molecular weight is 158 g/mol. The minimum Gasteiger partial charge on any atom is -0.379 e. The lowest BCUT2D eigenvalue weighted by atomic mass is 10.4. The molecule has 0 amide bonds. The topological polar surface area (TPSA) is 36.3 Å². The fourth-order valence-electron chi connectivity index (χ4n) is 1.14. The zero-order chi connectivity index (χ0) is 8.53. The summed E-state index contributed by atoms with van der Waals surface area (Å²) in [6.07, 6.45) is 1.26. The van der Waals surface area contributed by atoms with Crippen molar-refractivity contribution in [3.8, 4) is 0 Å². The molecular formula is C8H18N2O. The Hall–Kier alpha value is -0.410. The molecule has 0 aromatic carbocycles. The van der Waals surface area contributed by atoms with Crippen LogP contribution in [0.1, 0.15) is 13.3 Å². The van der Waals surface area contributed by atoms with Crippen molar-refractivity contribution < 1.29 is 4.74 Å². The summed E-state index contributed by atoms with van der Waals surface area (Å²) in [6, 6.07) is 0.